The van der Waals surface area contributed by atoms with Gasteiger partial charge < -0.3 is 4.90 Å². The van der Waals surface area contributed by atoms with E-state index in [2.05, 4.69) is 15.9 Å². The topological polar surface area (TPSA) is 20.3 Å². The van der Waals surface area contributed by atoms with Crippen molar-refractivity contribution < 1.29 is 31.1 Å². The summed E-state index contributed by atoms with van der Waals surface area (Å²) in [7, 11) is 0. The van der Waals surface area contributed by atoms with Crippen LogP contribution < -0.4 is 0 Å². The Labute approximate surface area is 115 Å². The predicted molar refractivity (Wildman–Crippen MR) is 60.9 cm³/mol. The van der Waals surface area contributed by atoms with Gasteiger partial charge in [0.05, 0.1) is 0 Å². The van der Waals surface area contributed by atoms with Gasteiger partial charge in [-0.25, -0.2) is 0 Å². The van der Waals surface area contributed by atoms with Crippen LogP contribution in [0.5, 0.6) is 0 Å². The van der Waals surface area contributed by atoms with E-state index in [1.165, 1.54) is 13.8 Å². The number of nitrogens with zero attached hydrogens (tertiary/aromatic N) is 1. The van der Waals surface area contributed by atoms with Crippen LogP contribution >= 0.6 is 15.9 Å². The molecule has 0 aliphatic heterocycles. The summed E-state index contributed by atoms with van der Waals surface area (Å²) in [5.74, 6) is -5.91. The molecule has 0 N–H and O–H groups in total. The normalized spacial score (nSPS) is 13.2. The molecular formula is C10H14BrF6NO. The van der Waals surface area contributed by atoms with Crippen LogP contribution in [0.15, 0.2) is 0 Å². The van der Waals surface area contributed by atoms with Gasteiger partial charge in [-0.2, -0.15) is 26.3 Å². The largest absolute Gasteiger partial charge is 0.409 e. The van der Waals surface area contributed by atoms with Crippen molar-refractivity contribution in [3.63, 3.8) is 0 Å². The quantitative estimate of drug-likeness (QED) is 0.542. The van der Waals surface area contributed by atoms with E-state index in [9.17, 15) is 31.1 Å². The molecule has 1 amide bonds. The van der Waals surface area contributed by atoms with Gasteiger partial charge in [-0.15, -0.1) is 0 Å². The zero-order valence-electron chi connectivity index (χ0n) is 10.3. The molecule has 0 heterocycles. The maximum atomic E-state index is 12.4. The molecule has 0 atom stereocenters. The van der Waals surface area contributed by atoms with Crippen LogP contribution in [0.25, 0.3) is 0 Å². The van der Waals surface area contributed by atoms with Crippen LogP contribution in [0, 0.1) is 5.92 Å². The van der Waals surface area contributed by atoms with Crippen molar-refractivity contribution in [2.75, 3.05) is 11.9 Å². The summed E-state index contributed by atoms with van der Waals surface area (Å²) in [6.45, 7) is 2.58. The van der Waals surface area contributed by atoms with Gasteiger partial charge in [-0.3, -0.25) is 4.79 Å². The lowest BCUT2D eigenvalue weighted by atomic mass is 10.1. The molecule has 9 heteroatoms. The van der Waals surface area contributed by atoms with E-state index in [-0.39, 0.29) is 13.0 Å². The van der Waals surface area contributed by atoms with Crippen molar-refractivity contribution in [2.24, 2.45) is 5.92 Å². The first-order valence-electron chi connectivity index (χ1n) is 5.42. The molecule has 0 aliphatic carbocycles. The first-order chi connectivity index (χ1) is 8.42. The molecule has 0 saturated heterocycles. The maximum absolute atomic E-state index is 12.4. The standard InChI is InChI=1S/C10H14BrF6NO/c1-6(2)18(5-3-4-11)8(19)7(9(12,13)14)10(15,16)17/h6-7H,3-5H2,1-2H3. The minimum atomic E-state index is -5.64. The molecule has 0 bridgehead atoms. The van der Waals surface area contributed by atoms with Crippen molar-refractivity contribution in [1.29, 1.82) is 0 Å². The van der Waals surface area contributed by atoms with Gasteiger partial charge in [0.2, 0.25) is 11.8 Å². The Hall–Kier alpha value is -0.470. The number of hydrogen-bond donors (Lipinski definition) is 0. The number of carbonyl (C=O) groups is 1. The molecule has 0 rings (SSSR count). The molecule has 2 nitrogen and oxygen atoms in total. The maximum Gasteiger partial charge on any atom is 0.409 e. The highest BCUT2D eigenvalue weighted by molar-refractivity contribution is 9.09. The third-order valence-electron chi connectivity index (χ3n) is 2.34. The first-order valence-corrected chi connectivity index (χ1v) is 6.55. The average Bonchev–Trinajstić information content (AvgIpc) is 2.12. The molecular weight excluding hydrogens is 344 g/mol. The van der Waals surface area contributed by atoms with E-state index in [1.54, 1.807) is 0 Å². The van der Waals surface area contributed by atoms with Crippen LogP contribution in [0.4, 0.5) is 26.3 Å². The molecule has 114 valence electrons. The third kappa shape index (κ3) is 5.58. The van der Waals surface area contributed by atoms with Gasteiger partial charge in [-0.1, -0.05) is 15.9 Å². The van der Waals surface area contributed by atoms with Crippen molar-refractivity contribution in [3.8, 4) is 0 Å². The van der Waals surface area contributed by atoms with Crippen molar-refractivity contribution >= 4 is 21.8 Å². The Morgan fingerprint density at radius 2 is 1.53 bits per heavy atom. The summed E-state index contributed by atoms with van der Waals surface area (Å²) in [5, 5.41) is 0.381. The number of carbonyl (C=O) groups excluding carboxylic acids is 1. The average molecular weight is 358 g/mol. The van der Waals surface area contributed by atoms with E-state index in [0.717, 1.165) is 0 Å². The lowest BCUT2D eigenvalue weighted by molar-refractivity contribution is -0.278. The van der Waals surface area contributed by atoms with Crippen LogP contribution in [0.1, 0.15) is 20.3 Å². The minimum Gasteiger partial charge on any atom is -0.339 e. The van der Waals surface area contributed by atoms with Gasteiger partial charge in [0, 0.05) is 17.9 Å². The third-order valence-corrected chi connectivity index (χ3v) is 2.90. The predicted octanol–water partition coefficient (Wildman–Crippen LogP) is 3.75. The Kier molecular flexibility index (Phi) is 6.64. The zero-order chi connectivity index (χ0) is 15.4. The summed E-state index contributed by atoms with van der Waals surface area (Å²) >= 11 is 3.01. The molecule has 0 aliphatic rings. The summed E-state index contributed by atoms with van der Waals surface area (Å²) in [6, 6.07) is -0.737. The Balaban J connectivity index is 5.26. The highest BCUT2D eigenvalue weighted by Crippen LogP contribution is 2.40. The second-order valence-corrected chi connectivity index (χ2v) is 4.98. The number of amides is 1. The van der Waals surface area contributed by atoms with Crippen LogP contribution in [-0.2, 0) is 4.79 Å². The molecule has 0 fully saturated rings. The van der Waals surface area contributed by atoms with Crippen molar-refractivity contribution in [1.82, 2.24) is 4.90 Å². The number of halogens is 7. The highest BCUT2D eigenvalue weighted by atomic mass is 79.9. The fourth-order valence-corrected chi connectivity index (χ4v) is 1.74. The molecule has 0 radical (unpaired) electrons. The van der Waals surface area contributed by atoms with Gasteiger partial charge in [0.15, 0.2) is 0 Å². The second kappa shape index (κ2) is 6.81. The SMILES string of the molecule is CC(C)N(CCCBr)C(=O)C(C(F)(F)F)C(F)(F)F. The molecule has 0 aromatic heterocycles. The fraction of sp³-hybridized carbons (Fsp3) is 0.900. The molecule has 0 spiro atoms. The van der Waals surface area contributed by atoms with Crippen LogP contribution in [-0.4, -0.2) is 41.1 Å². The fourth-order valence-electron chi connectivity index (χ4n) is 1.48. The molecule has 0 saturated carbocycles. The van der Waals surface area contributed by atoms with E-state index in [1.807, 2.05) is 0 Å². The van der Waals surface area contributed by atoms with Crippen molar-refractivity contribution in [3.05, 3.63) is 0 Å². The number of hydrogen-bond acceptors (Lipinski definition) is 1. The minimum absolute atomic E-state index is 0.162. The first kappa shape index (κ1) is 18.5. The van der Waals surface area contributed by atoms with Crippen LogP contribution in [0.2, 0.25) is 0 Å². The van der Waals surface area contributed by atoms with E-state index >= 15 is 0 Å². The monoisotopic (exact) mass is 357 g/mol. The molecule has 0 aromatic carbocycles. The van der Waals surface area contributed by atoms with Gasteiger partial charge >= 0.3 is 12.4 Å². The Morgan fingerprint density at radius 1 is 1.11 bits per heavy atom. The summed E-state index contributed by atoms with van der Waals surface area (Å²) in [6.07, 6.45) is -11.0. The van der Waals surface area contributed by atoms with Gasteiger partial charge in [0.1, 0.15) is 0 Å². The lowest BCUT2D eigenvalue weighted by Gasteiger charge is -2.32. The Morgan fingerprint density at radius 3 is 1.79 bits per heavy atom. The van der Waals surface area contributed by atoms with Crippen LogP contribution in [0.3, 0.4) is 0 Å². The van der Waals surface area contributed by atoms with Gasteiger partial charge in [0.25, 0.3) is 0 Å². The van der Waals surface area contributed by atoms with Gasteiger partial charge in [-0.05, 0) is 20.3 Å². The summed E-state index contributed by atoms with van der Waals surface area (Å²) < 4.78 is 74.6. The van der Waals surface area contributed by atoms with E-state index < -0.39 is 30.2 Å². The smallest absolute Gasteiger partial charge is 0.339 e. The Bertz CT molecular complexity index is 287. The molecule has 0 aromatic rings. The molecule has 19 heavy (non-hydrogen) atoms. The summed E-state index contributed by atoms with van der Waals surface area (Å²) in [5.41, 5.74) is 0. The summed E-state index contributed by atoms with van der Waals surface area (Å²) in [4.78, 5) is 12.2. The number of alkyl halides is 7. The second-order valence-electron chi connectivity index (χ2n) is 4.18. The van der Waals surface area contributed by atoms with E-state index in [4.69, 9.17) is 0 Å². The molecule has 0 unspecified atom stereocenters. The number of rotatable bonds is 5. The zero-order valence-corrected chi connectivity index (χ0v) is 11.9. The van der Waals surface area contributed by atoms with Crippen molar-refractivity contribution in [2.45, 2.75) is 38.7 Å². The van der Waals surface area contributed by atoms with E-state index in [0.29, 0.717) is 10.2 Å². The lowest BCUT2D eigenvalue weighted by Crippen LogP contribution is -2.51. The highest BCUT2D eigenvalue weighted by Gasteiger charge is 2.62.